The van der Waals surface area contributed by atoms with Crippen LogP contribution >= 0.6 is 0 Å². The highest BCUT2D eigenvalue weighted by atomic mass is 32.2. The predicted molar refractivity (Wildman–Crippen MR) is 87.3 cm³/mol. The van der Waals surface area contributed by atoms with Crippen molar-refractivity contribution in [1.29, 1.82) is 0 Å². The van der Waals surface area contributed by atoms with Crippen LogP contribution < -0.4 is 4.72 Å². The van der Waals surface area contributed by atoms with Gasteiger partial charge in [-0.2, -0.15) is 0 Å². The molecule has 0 saturated carbocycles. The van der Waals surface area contributed by atoms with Gasteiger partial charge in [-0.1, -0.05) is 48.0 Å². The van der Waals surface area contributed by atoms with Gasteiger partial charge in [-0.3, -0.25) is 0 Å². The van der Waals surface area contributed by atoms with Crippen LogP contribution in [-0.2, 0) is 16.4 Å². The quantitative estimate of drug-likeness (QED) is 0.858. The third-order valence-electron chi connectivity index (χ3n) is 3.44. The molecule has 4 nitrogen and oxygen atoms in total. The number of hydrogen-bond donors (Lipinski definition) is 2. The Hall–Kier alpha value is -1.69. The Morgan fingerprint density at radius 2 is 1.77 bits per heavy atom. The lowest BCUT2D eigenvalue weighted by atomic mass is 10.1. The second kappa shape index (κ2) is 7.05. The minimum absolute atomic E-state index is 0.00938. The Labute approximate surface area is 131 Å². The summed E-state index contributed by atoms with van der Waals surface area (Å²) in [5.74, 6) is 0. The molecule has 0 spiro atoms. The maximum Gasteiger partial charge on any atom is 0.240 e. The summed E-state index contributed by atoms with van der Waals surface area (Å²) in [6.07, 6.45) is -0.348. The van der Waals surface area contributed by atoms with Gasteiger partial charge in [0.05, 0.1) is 11.0 Å². The summed E-state index contributed by atoms with van der Waals surface area (Å²) >= 11 is 0. The van der Waals surface area contributed by atoms with Gasteiger partial charge >= 0.3 is 0 Å². The number of aliphatic hydroxyl groups is 1. The molecule has 5 heteroatoms. The summed E-state index contributed by atoms with van der Waals surface area (Å²) in [4.78, 5) is 0.255. The third-order valence-corrected chi connectivity index (χ3v) is 5.03. The fraction of sp³-hybridized carbons (Fsp3) is 0.294. The number of nitrogens with one attached hydrogen (secondary N) is 1. The van der Waals surface area contributed by atoms with Crippen LogP contribution in [0.1, 0.15) is 16.7 Å². The van der Waals surface area contributed by atoms with Crippen LogP contribution in [0.2, 0.25) is 0 Å². The minimum atomic E-state index is -3.61. The molecule has 1 atom stereocenters. The highest BCUT2D eigenvalue weighted by molar-refractivity contribution is 7.89. The van der Waals surface area contributed by atoms with Crippen molar-refractivity contribution in [3.63, 3.8) is 0 Å². The molecule has 0 heterocycles. The van der Waals surface area contributed by atoms with Gasteiger partial charge in [0.25, 0.3) is 0 Å². The molecule has 0 aliphatic carbocycles. The van der Waals surface area contributed by atoms with Gasteiger partial charge in [0.1, 0.15) is 0 Å². The highest BCUT2D eigenvalue weighted by Gasteiger charge is 2.18. The maximum absolute atomic E-state index is 12.3. The summed E-state index contributed by atoms with van der Waals surface area (Å²) in [5, 5.41) is 10.00. The molecule has 22 heavy (non-hydrogen) atoms. The Morgan fingerprint density at radius 1 is 1.09 bits per heavy atom. The predicted octanol–water partition coefficient (Wildman–Crippen LogP) is 2.19. The van der Waals surface area contributed by atoms with Gasteiger partial charge in [-0.25, -0.2) is 13.1 Å². The molecule has 0 aromatic heterocycles. The molecular weight excluding hydrogens is 298 g/mol. The molecule has 2 N–H and O–H groups in total. The monoisotopic (exact) mass is 319 g/mol. The Morgan fingerprint density at radius 3 is 2.41 bits per heavy atom. The molecule has 0 radical (unpaired) electrons. The van der Waals surface area contributed by atoms with E-state index < -0.39 is 16.1 Å². The molecule has 0 fully saturated rings. The Balaban J connectivity index is 2.00. The van der Waals surface area contributed by atoms with Crippen LogP contribution in [0, 0.1) is 13.8 Å². The molecule has 0 aliphatic heterocycles. The van der Waals surface area contributed by atoms with Crippen molar-refractivity contribution in [3.8, 4) is 0 Å². The normalized spacial score (nSPS) is 13.0. The molecule has 2 aromatic rings. The largest absolute Gasteiger partial charge is 0.391 e. The van der Waals surface area contributed by atoms with Crippen LogP contribution in [0.4, 0.5) is 0 Å². The molecule has 0 aliphatic rings. The van der Waals surface area contributed by atoms with Crippen molar-refractivity contribution in [2.45, 2.75) is 31.3 Å². The average Bonchev–Trinajstić information content (AvgIpc) is 2.46. The lowest BCUT2D eigenvalue weighted by molar-refractivity contribution is 0.179. The van der Waals surface area contributed by atoms with Crippen molar-refractivity contribution in [2.24, 2.45) is 0 Å². The van der Waals surface area contributed by atoms with E-state index in [0.717, 1.165) is 11.1 Å². The molecule has 0 bridgehead atoms. The second-order valence-electron chi connectivity index (χ2n) is 5.46. The first-order valence-corrected chi connectivity index (χ1v) is 8.66. The van der Waals surface area contributed by atoms with Gasteiger partial charge in [0, 0.05) is 6.54 Å². The number of hydrogen-bond acceptors (Lipinski definition) is 3. The number of rotatable bonds is 6. The van der Waals surface area contributed by atoms with E-state index in [4.69, 9.17) is 0 Å². The van der Waals surface area contributed by atoms with Crippen molar-refractivity contribution < 1.29 is 13.5 Å². The lowest BCUT2D eigenvalue weighted by Crippen LogP contribution is -2.33. The Kier molecular flexibility index (Phi) is 5.34. The van der Waals surface area contributed by atoms with Crippen LogP contribution in [0.15, 0.2) is 53.4 Å². The van der Waals surface area contributed by atoms with E-state index in [0.29, 0.717) is 12.0 Å². The molecule has 2 aromatic carbocycles. The molecular formula is C17H21NO3S. The third kappa shape index (κ3) is 4.40. The van der Waals surface area contributed by atoms with E-state index in [9.17, 15) is 13.5 Å². The lowest BCUT2D eigenvalue weighted by Gasteiger charge is -2.14. The van der Waals surface area contributed by atoms with Crippen LogP contribution in [0.3, 0.4) is 0 Å². The van der Waals surface area contributed by atoms with Gasteiger partial charge in [-0.05, 0) is 37.5 Å². The van der Waals surface area contributed by atoms with Gasteiger partial charge < -0.3 is 5.11 Å². The van der Waals surface area contributed by atoms with Crippen molar-refractivity contribution in [1.82, 2.24) is 4.72 Å². The fourth-order valence-corrected chi connectivity index (χ4v) is 3.64. The molecule has 2 rings (SSSR count). The topological polar surface area (TPSA) is 66.4 Å². The average molecular weight is 319 g/mol. The first-order valence-electron chi connectivity index (χ1n) is 7.17. The zero-order chi connectivity index (χ0) is 16.2. The fourth-order valence-electron chi connectivity index (χ4n) is 2.34. The van der Waals surface area contributed by atoms with E-state index in [2.05, 4.69) is 4.72 Å². The van der Waals surface area contributed by atoms with Crippen LogP contribution in [0.5, 0.6) is 0 Å². The number of sulfonamides is 1. The van der Waals surface area contributed by atoms with E-state index >= 15 is 0 Å². The molecule has 1 unspecified atom stereocenters. The second-order valence-corrected chi connectivity index (χ2v) is 7.20. The van der Waals surface area contributed by atoms with Crippen molar-refractivity contribution in [3.05, 3.63) is 65.2 Å². The van der Waals surface area contributed by atoms with E-state index in [1.807, 2.05) is 43.3 Å². The highest BCUT2D eigenvalue weighted by Crippen LogP contribution is 2.16. The van der Waals surface area contributed by atoms with E-state index in [-0.39, 0.29) is 11.4 Å². The number of benzene rings is 2. The summed E-state index contributed by atoms with van der Waals surface area (Å²) in [6.45, 7) is 3.67. The summed E-state index contributed by atoms with van der Waals surface area (Å²) in [5.41, 5.74) is 2.69. The standard InChI is InChI=1S/C17H21NO3S/c1-13-8-9-17(14(2)10-13)22(20,21)18-12-16(19)11-15-6-4-3-5-7-15/h3-10,16,18-19H,11-12H2,1-2H3. The van der Waals surface area contributed by atoms with Crippen molar-refractivity contribution >= 4 is 10.0 Å². The number of aliphatic hydroxyl groups excluding tert-OH is 1. The zero-order valence-corrected chi connectivity index (χ0v) is 13.6. The maximum atomic E-state index is 12.3. The Bertz CT molecular complexity index is 727. The first kappa shape index (κ1) is 16.7. The SMILES string of the molecule is Cc1ccc(S(=O)(=O)NCC(O)Cc2ccccc2)c(C)c1. The summed E-state index contributed by atoms with van der Waals surface area (Å²) in [7, 11) is -3.61. The minimum Gasteiger partial charge on any atom is -0.391 e. The van der Waals surface area contributed by atoms with Crippen LogP contribution in [0.25, 0.3) is 0 Å². The molecule has 118 valence electrons. The first-order chi connectivity index (χ1) is 10.4. The molecule has 0 saturated heterocycles. The van der Waals surface area contributed by atoms with Crippen LogP contribution in [-0.4, -0.2) is 26.2 Å². The summed E-state index contributed by atoms with van der Waals surface area (Å²) in [6, 6.07) is 14.7. The number of aryl methyl sites for hydroxylation is 2. The van der Waals surface area contributed by atoms with E-state index in [1.165, 1.54) is 0 Å². The smallest absolute Gasteiger partial charge is 0.240 e. The molecule has 0 amide bonds. The van der Waals surface area contributed by atoms with Gasteiger partial charge in [0.2, 0.25) is 10.0 Å². The summed E-state index contributed by atoms with van der Waals surface area (Å²) < 4.78 is 27.1. The van der Waals surface area contributed by atoms with Crippen molar-refractivity contribution in [2.75, 3.05) is 6.54 Å². The van der Waals surface area contributed by atoms with Gasteiger partial charge in [0.15, 0.2) is 0 Å². The van der Waals surface area contributed by atoms with E-state index in [1.54, 1.807) is 19.1 Å². The van der Waals surface area contributed by atoms with Gasteiger partial charge in [-0.15, -0.1) is 0 Å². The zero-order valence-electron chi connectivity index (χ0n) is 12.8.